The van der Waals surface area contributed by atoms with Gasteiger partial charge < -0.3 is 5.32 Å². The van der Waals surface area contributed by atoms with E-state index >= 15 is 0 Å². The largest absolute Gasteiger partial charge is 0.307 e. The molecule has 0 unspecified atom stereocenters. The third-order valence-corrected chi connectivity index (χ3v) is 3.73. The number of rotatable bonds is 4. The zero-order valence-corrected chi connectivity index (χ0v) is 11.0. The fraction of sp³-hybridized carbons (Fsp3) is 0.538. The first-order valence-electron chi connectivity index (χ1n) is 5.57. The molecule has 1 aromatic carbocycles. The first-order chi connectivity index (χ1) is 7.08. The highest BCUT2D eigenvalue weighted by Gasteiger charge is 2.36. The molecule has 0 radical (unpaired) electrons. The molecule has 0 aromatic heterocycles. The van der Waals surface area contributed by atoms with E-state index in [1.807, 2.05) is 0 Å². The summed E-state index contributed by atoms with van der Waals surface area (Å²) in [5.74, 6) is 0.879. The zero-order chi connectivity index (χ0) is 10.9. The van der Waals surface area contributed by atoms with Gasteiger partial charge in [0.25, 0.3) is 0 Å². The summed E-state index contributed by atoms with van der Waals surface area (Å²) in [4.78, 5) is 0. The van der Waals surface area contributed by atoms with Crippen molar-refractivity contribution in [3.05, 3.63) is 34.3 Å². The first-order valence-corrected chi connectivity index (χ1v) is 6.37. The van der Waals surface area contributed by atoms with Gasteiger partial charge in [-0.05, 0) is 50.3 Å². The topological polar surface area (TPSA) is 12.0 Å². The maximum atomic E-state index is 3.64. The van der Waals surface area contributed by atoms with Crippen LogP contribution in [-0.4, -0.2) is 5.54 Å². The minimum Gasteiger partial charge on any atom is -0.307 e. The molecule has 1 aromatic rings. The lowest BCUT2D eigenvalue weighted by Crippen LogP contribution is -2.40. The van der Waals surface area contributed by atoms with Crippen molar-refractivity contribution in [2.75, 3.05) is 0 Å². The molecule has 0 bridgehead atoms. The molecule has 1 fully saturated rings. The summed E-state index contributed by atoms with van der Waals surface area (Å²) in [6.45, 7) is 5.58. The second kappa shape index (κ2) is 4.26. The molecule has 0 aliphatic heterocycles. The molecule has 1 nitrogen and oxygen atoms in total. The highest BCUT2D eigenvalue weighted by Crippen LogP contribution is 2.39. The molecule has 0 atom stereocenters. The van der Waals surface area contributed by atoms with Crippen molar-refractivity contribution in [1.29, 1.82) is 0 Å². The summed E-state index contributed by atoms with van der Waals surface area (Å²) < 4.78 is 1.16. The average Bonchev–Trinajstić information content (AvgIpc) is 2.98. The van der Waals surface area contributed by atoms with Crippen LogP contribution in [0, 0.1) is 5.92 Å². The monoisotopic (exact) mass is 267 g/mol. The van der Waals surface area contributed by atoms with Gasteiger partial charge in [0.05, 0.1) is 0 Å². The summed E-state index contributed by atoms with van der Waals surface area (Å²) in [5, 5.41) is 3.64. The van der Waals surface area contributed by atoms with Crippen molar-refractivity contribution in [3.8, 4) is 0 Å². The number of halogens is 1. The number of nitrogens with one attached hydrogen (secondary N) is 1. The van der Waals surface area contributed by atoms with E-state index in [0.717, 1.165) is 16.9 Å². The molecule has 1 N–H and O–H groups in total. The normalized spacial score (nSPS) is 16.7. The summed E-state index contributed by atoms with van der Waals surface area (Å²) in [7, 11) is 0. The molecule has 82 valence electrons. The Kier molecular flexibility index (Phi) is 3.17. The molecule has 1 saturated carbocycles. The van der Waals surface area contributed by atoms with Crippen LogP contribution in [0.5, 0.6) is 0 Å². The van der Waals surface area contributed by atoms with Gasteiger partial charge in [0.1, 0.15) is 0 Å². The van der Waals surface area contributed by atoms with Gasteiger partial charge in [0.2, 0.25) is 0 Å². The Labute approximate surface area is 100 Å². The summed E-state index contributed by atoms with van der Waals surface area (Å²) in [5.41, 5.74) is 1.64. The Bertz CT molecular complexity index is 342. The Hall–Kier alpha value is -0.340. The molecule has 1 aliphatic carbocycles. The van der Waals surface area contributed by atoms with Crippen LogP contribution >= 0.6 is 15.9 Å². The van der Waals surface area contributed by atoms with E-state index in [1.165, 1.54) is 18.4 Å². The molecule has 1 aliphatic rings. The Morgan fingerprint density at radius 1 is 1.40 bits per heavy atom. The highest BCUT2D eigenvalue weighted by molar-refractivity contribution is 9.10. The van der Waals surface area contributed by atoms with E-state index in [9.17, 15) is 0 Å². The van der Waals surface area contributed by atoms with Crippen molar-refractivity contribution in [1.82, 2.24) is 5.32 Å². The van der Waals surface area contributed by atoms with Gasteiger partial charge in [-0.2, -0.15) is 0 Å². The Morgan fingerprint density at radius 2 is 2.13 bits per heavy atom. The maximum Gasteiger partial charge on any atom is 0.0210 e. The van der Waals surface area contributed by atoms with Gasteiger partial charge in [-0.1, -0.05) is 28.1 Å². The smallest absolute Gasteiger partial charge is 0.0210 e. The number of benzene rings is 1. The summed E-state index contributed by atoms with van der Waals surface area (Å²) in [6.07, 6.45) is 2.77. The fourth-order valence-electron chi connectivity index (χ4n) is 1.93. The van der Waals surface area contributed by atoms with Crippen LogP contribution in [0.3, 0.4) is 0 Å². The second-order valence-electron chi connectivity index (χ2n) is 4.98. The van der Waals surface area contributed by atoms with Crippen molar-refractivity contribution < 1.29 is 0 Å². The number of hydrogen-bond donors (Lipinski definition) is 1. The molecule has 2 rings (SSSR count). The molecule has 15 heavy (non-hydrogen) atoms. The van der Waals surface area contributed by atoms with Crippen LogP contribution in [0.1, 0.15) is 32.3 Å². The van der Waals surface area contributed by atoms with E-state index < -0.39 is 0 Å². The SMILES string of the molecule is CC(C)(NCc1cccc(Br)c1)C1CC1. The molecular weight excluding hydrogens is 250 g/mol. The predicted octanol–water partition coefficient (Wildman–Crippen LogP) is 3.73. The van der Waals surface area contributed by atoms with E-state index in [2.05, 4.69) is 59.4 Å². The van der Waals surface area contributed by atoms with Crippen LogP contribution in [0.2, 0.25) is 0 Å². The van der Waals surface area contributed by atoms with Crippen LogP contribution < -0.4 is 5.32 Å². The van der Waals surface area contributed by atoms with Crippen LogP contribution in [-0.2, 0) is 6.54 Å². The van der Waals surface area contributed by atoms with Crippen molar-refractivity contribution in [2.45, 2.75) is 38.8 Å². The van der Waals surface area contributed by atoms with Crippen LogP contribution in [0.4, 0.5) is 0 Å². The van der Waals surface area contributed by atoms with E-state index in [0.29, 0.717) is 5.54 Å². The van der Waals surface area contributed by atoms with E-state index in [-0.39, 0.29) is 0 Å². The van der Waals surface area contributed by atoms with Crippen molar-refractivity contribution in [2.24, 2.45) is 5.92 Å². The molecular formula is C13H18BrN. The minimum atomic E-state index is 0.294. The van der Waals surface area contributed by atoms with Gasteiger partial charge in [-0.25, -0.2) is 0 Å². The van der Waals surface area contributed by atoms with Crippen LogP contribution in [0.15, 0.2) is 28.7 Å². The van der Waals surface area contributed by atoms with Crippen molar-refractivity contribution >= 4 is 15.9 Å². The van der Waals surface area contributed by atoms with Crippen molar-refractivity contribution in [3.63, 3.8) is 0 Å². The predicted molar refractivity (Wildman–Crippen MR) is 67.8 cm³/mol. The van der Waals surface area contributed by atoms with Gasteiger partial charge in [-0.15, -0.1) is 0 Å². The molecule has 0 spiro atoms. The molecule has 2 heteroatoms. The van der Waals surface area contributed by atoms with Gasteiger partial charge in [-0.3, -0.25) is 0 Å². The average molecular weight is 268 g/mol. The lowest BCUT2D eigenvalue weighted by Gasteiger charge is -2.26. The van der Waals surface area contributed by atoms with Gasteiger partial charge >= 0.3 is 0 Å². The molecule has 0 amide bonds. The second-order valence-corrected chi connectivity index (χ2v) is 5.90. The third-order valence-electron chi connectivity index (χ3n) is 3.24. The van der Waals surface area contributed by atoms with Crippen LogP contribution in [0.25, 0.3) is 0 Å². The molecule has 0 heterocycles. The fourth-order valence-corrected chi connectivity index (χ4v) is 2.37. The summed E-state index contributed by atoms with van der Waals surface area (Å²) in [6, 6.07) is 8.50. The third kappa shape index (κ3) is 3.05. The minimum absolute atomic E-state index is 0.294. The maximum absolute atomic E-state index is 3.64. The lowest BCUT2D eigenvalue weighted by molar-refractivity contribution is 0.339. The lowest BCUT2D eigenvalue weighted by atomic mass is 9.98. The van der Waals surface area contributed by atoms with Gasteiger partial charge in [0, 0.05) is 16.6 Å². The first kappa shape index (κ1) is 11.2. The molecule has 0 saturated heterocycles. The quantitative estimate of drug-likeness (QED) is 0.877. The number of hydrogen-bond acceptors (Lipinski definition) is 1. The standard InChI is InChI=1S/C13H18BrN/c1-13(2,11-6-7-11)15-9-10-4-3-5-12(14)8-10/h3-5,8,11,15H,6-7,9H2,1-2H3. The Balaban J connectivity index is 1.92. The van der Waals surface area contributed by atoms with E-state index in [1.54, 1.807) is 0 Å². The summed E-state index contributed by atoms with van der Waals surface area (Å²) >= 11 is 3.50. The van der Waals surface area contributed by atoms with Gasteiger partial charge in [0.15, 0.2) is 0 Å². The Morgan fingerprint density at radius 3 is 2.73 bits per heavy atom. The zero-order valence-electron chi connectivity index (χ0n) is 9.39. The van der Waals surface area contributed by atoms with E-state index in [4.69, 9.17) is 0 Å². The highest BCUT2D eigenvalue weighted by atomic mass is 79.9.